The largest absolute Gasteiger partial charge is 0.497 e. The van der Waals surface area contributed by atoms with Crippen LogP contribution in [0.3, 0.4) is 0 Å². The molecule has 4 aliphatic carbocycles. The van der Waals surface area contributed by atoms with Crippen molar-refractivity contribution in [2.75, 3.05) is 7.11 Å². The number of ether oxygens (including phenoxy) is 1. The van der Waals surface area contributed by atoms with Crippen LogP contribution in [0.2, 0.25) is 0 Å². The molecule has 0 heterocycles. The first-order valence-electron chi connectivity index (χ1n) is 13.2. The summed E-state index contributed by atoms with van der Waals surface area (Å²) < 4.78 is 5.51. The third-order valence-corrected chi connectivity index (χ3v) is 10.4. The summed E-state index contributed by atoms with van der Waals surface area (Å²) in [7, 11) is 1.69. The Balaban J connectivity index is 1.37. The molecular weight excluding hydrogens is 396 g/mol. The lowest BCUT2D eigenvalue weighted by atomic mass is 9.49. The quantitative estimate of drug-likeness (QED) is 0.549. The van der Waals surface area contributed by atoms with E-state index in [-0.39, 0.29) is 11.3 Å². The molecule has 0 radical (unpaired) electrons. The molecule has 0 spiro atoms. The number of Topliss-reactive ketones (excluding diaryl/α,β-unsaturated/α-hetero) is 1. The highest BCUT2D eigenvalue weighted by atomic mass is 16.5. The van der Waals surface area contributed by atoms with Crippen LogP contribution in [-0.2, 0) is 6.42 Å². The van der Waals surface area contributed by atoms with Crippen LogP contribution in [-0.4, -0.2) is 23.6 Å². The van der Waals surface area contributed by atoms with Gasteiger partial charge in [-0.1, -0.05) is 13.8 Å². The number of rotatable bonds is 4. The lowest BCUT2D eigenvalue weighted by Gasteiger charge is -2.56. The van der Waals surface area contributed by atoms with Gasteiger partial charge in [0, 0.05) is 11.5 Å². The van der Waals surface area contributed by atoms with Gasteiger partial charge in [-0.05, 0) is 130 Å². The molecule has 0 saturated heterocycles. The molecule has 0 unspecified atom stereocenters. The van der Waals surface area contributed by atoms with Crippen LogP contribution in [0.15, 0.2) is 18.2 Å². The molecule has 4 aliphatic rings. The Labute approximate surface area is 194 Å². The van der Waals surface area contributed by atoms with Gasteiger partial charge in [0.2, 0.25) is 0 Å². The maximum absolute atomic E-state index is 13.8. The predicted octanol–water partition coefficient (Wildman–Crippen LogP) is 6.46. The van der Waals surface area contributed by atoms with Gasteiger partial charge in [0.25, 0.3) is 0 Å². The van der Waals surface area contributed by atoms with Gasteiger partial charge in [-0.15, -0.1) is 0 Å². The molecule has 1 aromatic carbocycles. The summed E-state index contributed by atoms with van der Waals surface area (Å²) in [5, 5.41) is 10.6. The summed E-state index contributed by atoms with van der Waals surface area (Å²) in [6.45, 7) is 6.63. The van der Waals surface area contributed by atoms with E-state index in [1.807, 2.05) is 13.0 Å². The summed E-state index contributed by atoms with van der Waals surface area (Å²) in [6.07, 6.45) is 11.4. The fourth-order valence-electron chi connectivity index (χ4n) is 8.84. The third kappa shape index (κ3) is 3.63. The van der Waals surface area contributed by atoms with Crippen molar-refractivity contribution in [1.82, 2.24) is 0 Å². The van der Waals surface area contributed by atoms with E-state index < -0.39 is 5.60 Å². The van der Waals surface area contributed by atoms with Crippen molar-refractivity contribution in [3.63, 3.8) is 0 Å². The number of carbonyl (C=O) groups is 1. The molecule has 32 heavy (non-hydrogen) atoms. The van der Waals surface area contributed by atoms with Gasteiger partial charge in [-0.3, -0.25) is 4.79 Å². The van der Waals surface area contributed by atoms with E-state index in [1.54, 1.807) is 7.11 Å². The molecule has 8 atom stereocenters. The van der Waals surface area contributed by atoms with Gasteiger partial charge in [-0.25, -0.2) is 0 Å². The van der Waals surface area contributed by atoms with Crippen molar-refractivity contribution in [2.45, 2.75) is 90.6 Å². The number of fused-ring (bicyclic) bond motifs is 5. The van der Waals surface area contributed by atoms with Crippen molar-refractivity contribution >= 4 is 5.78 Å². The smallest absolute Gasteiger partial charge is 0.166 e. The summed E-state index contributed by atoms with van der Waals surface area (Å²) in [5.74, 6) is 5.12. The van der Waals surface area contributed by atoms with Crippen LogP contribution < -0.4 is 4.74 Å². The Bertz CT molecular complexity index is 851. The number of methoxy groups -OCH3 is 1. The molecule has 0 aliphatic heterocycles. The number of benzene rings is 1. The second-order valence-electron chi connectivity index (χ2n) is 12.1. The number of hydrogen-bond acceptors (Lipinski definition) is 3. The highest BCUT2D eigenvalue weighted by Crippen LogP contribution is 2.65. The second-order valence-corrected chi connectivity index (χ2v) is 12.1. The monoisotopic (exact) mass is 438 g/mol. The van der Waals surface area contributed by atoms with Crippen LogP contribution in [0.25, 0.3) is 0 Å². The van der Waals surface area contributed by atoms with Gasteiger partial charge in [0.1, 0.15) is 5.75 Å². The van der Waals surface area contributed by atoms with Crippen molar-refractivity contribution < 1.29 is 14.6 Å². The number of aryl methyl sites for hydroxylation is 1. The minimum atomic E-state index is -0.448. The van der Waals surface area contributed by atoms with Crippen LogP contribution in [0.1, 0.15) is 94.5 Å². The van der Waals surface area contributed by atoms with E-state index in [9.17, 15) is 9.90 Å². The maximum Gasteiger partial charge on any atom is 0.166 e. The number of aliphatic hydroxyl groups is 1. The molecule has 0 bridgehead atoms. The van der Waals surface area contributed by atoms with Crippen molar-refractivity contribution in [3.05, 3.63) is 29.3 Å². The minimum Gasteiger partial charge on any atom is -0.497 e. The van der Waals surface area contributed by atoms with E-state index in [0.29, 0.717) is 17.6 Å². The molecule has 4 saturated carbocycles. The van der Waals surface area contributed by atoms with E-state index in [1.165, 1.54) is 44.1 Å². The molecular formula is C29H42O3. The lowest BCUT2D eigenvalue weighted by Crippen LogP contribution is -2.51. The van der Waals surface area contributed by atoms with E-state index in [0.717, 1.165) is 54.7 Å². The molecule has 176 valence electrons. The van der Waals surface area contributed by atoms with Crippen LogP contribution in [0.4, 0.5) is 0 Å². The molecule has 5 rings (SSSR count). The molecule has 0 aromatic heterocycles. The average Bonchev–Trinajstić information content (AvgIpc) is 3.14. The first kappa shape index (κ1) is 22.4. The topological polar surface area (TPSA) is 46.5 Å². The lowest BCUT2D eigenvalue weighted by molar-refractivity contribution is -0.0976. The molecule has 0 amide bonds. The zero-order valence-electron chi connectivity index (χ0n) is 20.5. The summed E-state index contributed by atoms with van der Waals surface area (Å²) in [5.41, 5.74) is 1.73. The maximum atomic E-state index is 13.8. The zero-order chi connectivity index (χ0) is 22.7. The summed E-state index contributed by atoms with van der Waals surface area (Å²) in [6, 6.07) is 6.12. The summed E-state index contributed by atoms with van der Waals surface area (Å²) >= 11 is 0. The average molecular weight is 439 g/mol. The van der Waals surface area contributed by atoms with Crippen LogP contribution in [0, 0.1) is 40.9 Å². The Morgan fingerprint density at radius 1 is 1.00 bits per heavy atom. The minimum absolute atomic E-state index is 0.140. The highest BCUT2D eigenvalue weighted by molar-refractivity contribution is 5.99. The first-order chi connectivity index (χ1) is 15.3. The molecule has 1 N–H and O–H groups in total. The first-order valence-corrected chi connectivity index (χ1v) is 13.2. The fourth-order valence-corrected chi connectivity index (χ4v) is 8.84. The van der Waals surface area contributed by atoms with Gasteiger partial charge >= 0.3 is 0 Å². The van der Waals surface area contributed by atoms with E-state index in [2.05, 4.69) is 26.0 Å². The van der Waals surface area contributed by atoms with E-state index >= 15 is 0 Å². The van der Waals surface area contributed by atoms with Crippen LogP contribution in [0.5, 0.6) is 5.75 Å². The Morgan fingerprint density at radius 3 is 2.53 bits per heavy atom. The van der Waals surface area contributed by atoms with Gasteiger partial charge in [0.05, 0.1) is 12.7 Å². The van der Waals surface area contributed by atoms with Gasteiger partial charge in [0.15, 0.2) is 5.78 Å². The fraction of sp³-hybridized carbons (Fsp3) is 0.759. The highest BCUT2D eigenvalue weighted by Gasteiger charge is 2.58. The number of hydrogen-bond donors (Lipinski definition) is 1. The van der Waals surface area contributed by atoms with Gasteiger partial charge < -0.3 is 9.84 Å². The predicted molar refractivity (Wildman–Crippen MR) is 128 cm³/mol. The molecule has 3 heteroatoms. The Morgan fingerprint density at radius 2 is 1.78 bits per heavy atom. The van der Waals surface area contributed by atoms with E-state index in [4.69, 9.17) is 4.74 Å². The third-order valence-electron chi connectivity index (χ3n) is 10.4. The normalized spacial score (nSPS) is 43.2. The van der Waals surface area contributed by atoms with Gasteiger partial charge in [-0.2, -0.15) is 0 Å². The Kier molecular flexibility index (Phi) is 5.72. The zero-order valence-corrected chi connectivity index (χ0v) is 20.5. The SMILES string of the molecule is CCc1cc(OC)cc(C(=O)[C@H]2CC[C@H]3[C@@H]4CC[C@@H]5C[C@](C)(O)CC[C@@H]5[C@H]4CC[C@]23C)c1. The molecule has 3 nitrogen and oxygen atoms in total. The van der Waals surface area contributed by atoms with Crippen molar-refractivity contribution in [2.24, 2.45) is 40.9 Å². The molecule has 4 fully saturated rings. The van der Waals surface area contributed by atoms with Crippen molar-refractivity contribution in [3.8, 4) is 5.75 Å². The Hall–Kier alpha value is -1.35. The summed E-state index contributed by atoms with van der Waals surface area (Å²) in [4.78, 5) is 13.8. The second kappa shape index (κ2) is 8.15. The van der Waals surface area contributed by atoms with Crippen molar-refractivity contribution in [1.29, 1.82) is 0 Å². The number of ketones is 1. The standard InChI is InChI=1S/C29H42O3/c1-5-18-14-20(16-21(15-18)32-4)27(30)26-9-8-25-24-7-6-19-17-28(2,31)12-10-22(19)23(24)11-13-29(25,26)3/h14-16,19,22-26,31H,5-13,17H2,1-4H3/t19-,22+,23-,24-,25+,26-,28-,29+/m1/s1. The van der Waals surface area contributed by atoms with Crippen LogP contribution >= 0.6 is 0 Å². The molecule has 1 aromatic rings. The number of carbonyl (C=O) groups excluding carboxylic acids is 1.